The standard InChI is InChI=1S/C20H15FN2O6S/c1-28-15-7-11(8-16-18(25)23(10-17(22)24)20(27)30-16)5-6-14(15)29-19(26)12-3-2-4-13(21)9-12/h2-9H,10H2,1H3,(H2,22,24)/b16-8-. The molecule has 2 aromatic rings. The third kappa shape index (κ3) is 4.66. The third-order valence-electron chi connectivity index (χ3n) is 3.94. The number of halogens is 1. The fourth-order valence-corrected chi connectivity index (χ4v) is 3.41. The van der Waals surface area contributed by atoms with E-state index in [-0.39, 0.29) is 22.0 Å². The molecule has 8 nitrogen and oxygen atoms in total. The molecule has 1 aliphatic rings. The Morgan fingerprint density at radius 1 is 1.17 bits per heavy atom. The molecule has 0 aliphatic carbocycles. The number of primary amides is 1. The van der Waals surface area contributed by atoms with E-state index in [1.165, 1.54) is 43.5 Å². The molecule has 2 aromatic carbocycles. The Hall–Kier alpha value is -3.66. The van der Waals surface area contributed by atoms with Crippen LogP contribution in [0.2, 0.25) is 0 Å². The number of rotatable bonds is 6. The van der Waals surface area contributed by atoms with Gasteiger partial charge in [0.25, 0.3) is 11.1 Å². The van der Waals surface area contributed by atoms with E-state index in [1.807, 2.05) is 0 Å². The van der Waals surface area contributed by atoms with Gasteiger partial charge in [0.2, 0.25) is 5.91 Å². The highest BCUT2D eigenvalue weighted by Crippen LogP contribution is 2.34. The van der Waals surface area contributed by atoms with Crippen molar-refractivity contribution in [3.8, 4) is 11.5 Å². The van der Waals surface area contributed by atoms with Gasteiger partial charge in [0.1, 0.15) is 12.4 Å². The second kappa shape index (κ2) is 8.78. The summed E-state index contributed by atoms with van der Waals surface area (Å²) in [5.41, 5.74) is 5.57. The molecular weight excluding hydrogens is 415 g/mol. The van der Waals surface area contributed by atoms with Gasteiger partial charge < -0.3 is 15.2 Å². The molecule has 154 valence electrons. The number of nitrogens with two attached hydrogens (primary N) is 1. The van der Waals surface area contributed by atoms with Crippen LogP contribution in [0.1, 0.15) is 15.9 Å². The molecule has 0 unspecified atom stereocenters. The molecule has 0 atom stereocenters. The van der Waals surface area contributed by atoms with Gasteiger partial charge in [0.05, 0.1) is 17.6 Å². The lowest BCUT2D eigenvalue weighted by molar-refractivity contribution is -0.127. The first-order valence-corrected chi connectivity index (χ1v) is 9.29. The van der Waals surface area contributed by atoms with Crippen LogP contribution in [0.4, 0.5) is 9.18 Å². The number of ether oxygens (including phenoxy) is 2. The maximum atomic E-state index is 13.3. The number of carbonyl (C=O) groups excluding carboxylic acids is 4. The first kappa shape index (κ1) is 21.1. The number of thioether (sulfide) groups is 1. The molecule has 0 bridgehead atoms. The Morgan fingerprint density at radius 2 is 1.93 bits per heavy atom. The van der Waals surface area contributed by atoms with Crippen LogP contribution in [0, 0.1) is 5.82 Å². The Bertz CT molecular complexity index is 1080. The summed E-state index contributed by atoms with van der Waals surface area (Å²) in [5, 5.41) is -0.599. The smallest absolute Gasteiger partial charge is 0.343 e. The topological polar surface area (TPSA) is 116 Å². The predicted molar refractivity (Wildman–Crippen MR) is 106 cm³/mol. The van der Waals surface area contributed by atoms with Crippen molar-refractivity contribution in [3.63, 3.8) is 0 Å². The van der Waals surface area contributed by atoms with Crippen molar-refractivity contribution in [2.45, 2.75) is 0 Å². The highest BCUT2D eigenvalue weighted by atomic mass is 32.2. The number of amides is 3. The van der Waals surface area contributed by atoms with E-state index < -0.39 is 35.4 Å². The SMILES string of the molecule is COc1cc(/C=C2\SC(=O)N(CC(N)=O)C2=O)ccc1OC(=O)c1cccc(F)c1. The molecule has 3 amide bonds. The molecule has 2 N–H and O–H groups in total. The minimum absolute atomic E-state index is 0.0317. The number of esters is 1. The molecular formula is C20H15FN2O6S. The van der Waals surface area contributed by atoms with Crippen molar-refractivity contribution in [2.24, 2.45) is 5.73 Å². The maximum absolute atomic E-state index is 13.3. The molecule has 10 heteroatoms. The number of carbonyl (C=O) groups is 4. The van der Waals surface area contributed by atoms with Gasteiger partial charge in [-0.15, -0.1) is 0 Å². The number of nitrogens with zero attached hydrogens (tertiary/aromatic N) is 1. The van der Waals surface area contributed by atoms with Gasteiger partial charge in [0, 0.05) is 0 Å². The van der Waals surface area contributed by atoms with Crippen LogP contribution >= 0.6 is 11.8 Å². The first-order valence-electron chi connectivity index (χ1n) is 8.48. The van der Waals surface area contributed by atoms with Crippen molar-refractivity contribution in [1.82, 2.24) is 4.90 Å². The fourth-order valence-electron chi connectivity index (χ4n) is 2.58. The quantitative estimate of drug-likeness (QED) is 0.425. The average Bonchev–Trinajstić information content (AvgIpc) is 2.96. The molecule has 3 rings (SSSR count). The van der Waals surface area contributed by atoms with Gasteiger partial charge in [0.15, 0.2) is 11.5 Å². The maximum Gasteiger partial charge on any atom is 0.343 e. The van der Waals surface area contributed by atoms with Gasteiger partial charge in [-0.05, 0) is 53.7 Å². The molecule has 30 heavy (non-hydrogen) atoms. The Balaban J connectivity index is 1.81. The zero-order valence-electron chi connectivity index (χ0n) is 15.6. The van der Waals surface area contributed by atoms with E-state index >= 15 is 0 Å². The van der Waals surface area contributed by atoms with Crippen LogP contribution in [0.25, 0.3) is 6.08 Å². The van der Waals surface area contributed by atoms with Gasteiger partial charge in [-0.2, -0.15) is 0 Å². The lowest BCUT2D eigenvalue weighted by Gasteiger charge is -2.10. The highest BCUT2D eigenvalue weighted by Gasteiger charge is 2.35. The summed E-state index contributed by atoms with van der Waals surface area (Å²) >= 11 is 0.675. The molecule has 0 aromatic heterocycles. The lowest BCUT2D eigenvalue weighted by atomic mass is 10.1. The van der Waals surface area contributed by atoms with Crippen LogP contribution in [0.3, 0.4) is 0 Å². The minimum Gasteiger partial charge on any atom is -0.493 e. The summed E-state index contributed by atoms with van der Waals surface area (Å²) in [5.74, 6) is -2.50. The summed E-state index contributed by atoms with van der Waals surface area (Å²) in [7, 11) is 1.36. The zero-order valence-corrected chi connectivity index (χ0v) is 16.4. The van der Waals surface area contributed by atoms with Crippen molar-refractivity contribution in [3.05, 3.63) is 64.3 Å². The Kier molecular flexibility index (Phi) is 6.17. The summed E-state index contributed by atoms with van der Waals surface area (Å²) in [4.78, 5) is 48.3. The fraction of sp³-hybridized carbons (Fsp3) is 0.100. The molecule has 1 saturated heterocycles. The summed E-state index contributed by atoms with van der Waals surface area (Å²) in [6.07, 6.45) is 1.44. The van der Waals surface area contributed by atoms with E-state index in [4.69, 9.17) is 15.2 Å². The number of imide groups is 1. The van der Waals surface area contributed by atoms with E-state index in [1.54, 1.807) is 6.07 Å². The molecule has 0 radical (unpaired) electrons. The average molecular weight is 430 g/mol. The molecule has 1 heterocycles. The van der Waals surface area contributed by atoms with E-state index in [0.717, 1.165) is 11.0 Å². The molecule has 1 fully saturated rings. The third-order valence-corrected chi connectivity index (χ3v) is 4.84. The van der Waals surface area contributed by atoms with Gasteiger partial charge >= 0.3 is 5.97 Å². The van der Waals surface area contributed by atoms with Gasteiger partial charge in [-0.3, -0.25) is 19.3 Å². The van der Waals surface area contributed by atoms with E-state index in [0.29, 0.717) is 17.3 Å². The number of benzene rings is 2. The van der Waals surface area contributed by atoms with Gasteiger partial charge in [-0.25, -0.2) is 9.18 Å². The van der Waals surface area contributed by atoms with Crippen molar-refractivity contribution in [2.75, 3.05) is 13.7 Å². The summed E-state index contributed by atoms with van der Waals surface area (Å²) in [6.45, 7) is -0.500. The van der Waals surface area contributed by atoms with E-state index in [9.17, 15) is 23.6 Å². The second-order valence-electron chi connectivity index (χ2n) is 6.04. The number of methoxy groups -OCH3 is 1. The van der Waals surface area contributed by atoms with Crippen LogP contribution in [0.15, 0.2) is 47.4 Å². The van der Waals surface area contributed by atoms with Crippen molar-refractivity contribution in [1.29, 1.82) is 0 Å². The van der Waals surface area contributed by atoms with Gasteiger partial charge in [-0.1, -0.05) is 12.1 Å². The minimum atomic E-state index is -0.801. The first-order chi connectivity index (χ1) is 14.3. The molecule has 0 saturated carbocycles. The summed E-state index contributed by atoms with van der Waals surface area (Å²) in [6, 6.07) is 9.53. The Morgan fingerprint density at radius 3 is 2.60 bits per heavy atom. The molecule has 1 aliphatic heterocycles. The van der Waals surface area contributed by atoms with Crippen LogP contribution in [-0.2, 0) is 9.59 Å². The molecule has 0 spiro atoms. The van der Waals surface area contributed by atoms with Crippen LogP contribution < -0.4 is 15.2 Å². The number of hydrogen-bond donors (Lipinski definition) is 1. The largest absolute Gasteiger partial charge is 0.493 e. The monoisotopic (exact) mass is 430 g/mol. The zero-order chi connectivity index (χ0) is 21.8. The summed E-state index contributed by atoms with van der Waals surface area (Å²) < 4.78 is 23.8. The predicted octanol–water partition coefficient (Wildman–Crippen LogP) is 2.58. The Labute approximate surface area is 174 Å². The highest BCUT2D eigenvalue weighted by molar-refractivity contribution is 8.18. The second-order valence-corrected chi connectivity index (χ2v) is 7.04. The van der Waals surface area contributed by atoms with Crippen molar-refractivity contribution >= 4 is 40.9 Å². The van der Waals surface area contributed by atoms with Crippen molar-refractivity contribution < 1.29 is 33.0 Å². The van der Waals surface area contributed by atoms with E-state index in [2.05, 4.69) is 0 Å². The number of hydrogen-bond acceptors (Lipinski definition) is 7. The normalized spacial score (nSPS) is 14.9. The van der Waals surface area contributed by atoms with Crippen LogP contribution in [-0.4, -0.2) is 41.6 Å². The van der Waals surface area contributed by atoms with Crippen LogP contribution in [0.5, 0.6) is 11.5 Å². The lowest BCUT2D eigenvalue weighted by Crippen LogP contribution is -2.36.